The SMILES string of the molecule is CC1(C)C(N)C(C)(C)C1NC(=O)c1cc(Cl)cc(Cl)c1. The monoisotopic (exact) mass is 314 g/mol. The van der Waals surface area contributed by atoms with Gasteiger partial charge in [0.2, 0.25) is 0 Å². The summed E-state index contributed by atoms with van der Waals surface area (Å²) < 4.78 is 0. The number of nitrogens with two attached hydrogens (primary N) is 1. The average Bonchev–Trinajstić information content (AvgIpc) is 2.33. The minimum Gasteiger partial charge on any atom is -0.348 e. The Morgan fingerprint density at radius 1 is 1.10 bits per heavy atom. The van der Waals surface area contributed by atoms with Crippen molar-refractivity contribution in [2.24, 2.45) is 16.6 Å². The van der Waals surface area contributed by atoms with Crippen molar-refractivity contribution in [1.82, 2.24) is 5.32 Å². The van der Waals surface area contributed by atoms with Crippen molar-refractivity contribution in [3.05, 3.63) is 33.8 Å². The van der Waals surface area contributed by atoms with Crippen LogP contribution in [0.2, 0.25) is 10.0 Å². The smallest absolute Gasteiger partial charge is 0.251 e. The second-order valence-electron chi connectivity index (χ2n) is 6.69. The molecule has 1 aliphatic carbocycles. The van der Waals surface area contributed by atoms with Crippen molar-refractivity contribution >= 4 is 29.1 Å². The second kappa shape index (κ2) is 4.90. The van der Waals surface area contributed by atoms with Gasteiger partial charge in [-0.3, -0.25) is 4.79 Å². The zero-order valence-corrected chi connectivity index (χ0v) is 13.6. The lowest BCUT2D eigenvalue weighted by Crippen LogP contribution is -2.76. The van der Waals surface area contributed by atoms with Crippen LogP contribution in [0.3, 0.4) is 0 Å². The maximum Gasteiger partial charge on any atom is 0.251 e. The number of nitrogens with one attached hydrogen (secondary N) is 1. The molecule has 3 N–H and O–H groups in total. The largest absolute Gasteiger partial charge is 0.348 e. The van der Waals surface area contributed by atoms with Crippen LogP contribution in [0.4, 0.5) is 0 Å². The molecule has 5 heteroatoms. The van der Waals surface area contributed by atoms with Gasteiger partial charge in [0.1, 0.15) is 0 Å². The molecule has 2 rings (SSSR count). The van der Waals surface area contributed by atoms with Gasteiger partial charge in [-0.15, -0.1) is 0 Å². The van der Waals surface area contributed by atoms with E-state index in [0.29, 0.717) is 15.6 Å². The van der Waals surface area contributed by atoms with E-state index in [1.165, 1.54) is 0 Å². The molecule has 0 aromatic heterocycles. The molecule has 0 heterocycles. The number of amides is 1. The third-order valence-corrected chi connectivity index (χ3v) is 4.93. The van der Waals surface area contributed by atoms with Gasteiger partial charge in [0.05, 0.1) is 0 Å². The Bertz CT molecular complexity index is 519. The van der Waals surface area contributed by atoms with Gasteiger partial charge in [0.15, 0.2) is 0 Å². The van der Waals surface area contributed by atoms with Gasteiger partial charge in [-0.05, 0) is 18.2 Å². The van der Waals surface area contributed by atoms with Gasteiger partial charge in [0.25, 0.3) is 5.91 Å². The molecule has 1 fully saturated rings. The van der Waals surface area contributed by atoms with Crippen LogP contribution in [0.25, 0.3) is 0 Å². The molecule has 3 nitrogen and oxygen atoms in total. The number of benzene rings is 1. The second-order valence-corrected chi connectivity index (χ2v) is 7.56. The van der Waals surface area contributed by atoms with E-state index < -0.39 is 0 Å². The highest BCUT2D eigenvalue weighted by molar-refractivity contribution is 6.35. The molecule has 0 aliphatic heterocycles. The highest BCUT2D eigenvalue weighted by Gasteiger charge is 2.60. The predicted molar refractivity (Wildman–Crippen MR) is 83.3 cm³/mol. The number of hydrogen-bond donors (Lipinski definition) is 2. The van der Waals surface area contributed by atoms with Crippen LogP contribution in [0, 0.1) is 10.8 Å². The van der Waals surface area contributed by atoms with Crippen molar-refractivity contribution in [2.75, 3.05) is 0 Å². The molecule has 0 radical (unpaired) electrons. The molecule has 0 atom stereocenters. The zero-order chi connectivity index (χ0) is 15.3. The van der Waals surface area contributed by atoms with Crippen molar-refractivity contribution in [3.63, 3.8) is 0 Å². The summed E-state index contributed by atoms with van der Waals surface area (Å²) in [5.74, 6) is -0.174. The van der Waals surface area contributed by atoms with Crippen LogP contribution in [0.5, 0.6) is 0 Å². The van der Waals surface area contributed by atoms with E-state index in [4.69, 9.17) is 28.9 Å². The Labute approximate surface area is 129 Å². The molecule has 20 heavy (non-hydrogen) atoms. The average molecular weight is 315 g/mol. The molecule has 1 amide bonds. The van der Waals surface area contributed by atoms with E-state index in [0.717, 1.165) is 0 Å². The maximum absolute atomic E-state index is 12.4. The Morgan fingerprint density at radius 2 is 1.55 bits per heavy atom. The van der Waals surface area contributed by atoms with Gasteiger partial charge >= 0.3 is 0 Å². The summed E-state index contributed by atoms with van der Waals surface area (Å²) in [7, 11) is 0. The molecule has 0 bridgehead atoms. The lowest BCUT2D eigenvalue weighted by atomic mass is 9.48. The van der Waals surface area contributed by atoms with Crippen molar-refractivity contribution in [3.8, 4) is 0 Å². The van der Waals surface area contributed by atoms with Crippen molar-refractivity contribution < 1.29 is 4.79 Å². The van der Waals surface area contributed by atoms with Crippen LogP contribution in [-0.4, -0.2) is 18.0 Å². The van der Waals surface area contributed by atoms with Crippen LogP contribution < -0.4 is 11.1 Å². The molecule has 0 unspecified atom stereocenters. The van der Waals surface area contributed by atoms with Gasteiger partial charge in [-0.1, -0.05) is 50.9 Å². The van der Waals surface area contributed by atoms with E-state index in [1.807, 2.05) is 0 Å². The first kappa shape index (κ1) is 15.6. The molecule has 1 saturated carbocycles. The topological polar surface area (TPSA) is 55.1 Å². The first-order valence-corrected chi connectivity index (χ1v) is 7.35. The zero-order valence-electron chi connectivity index (χ0n) is 12.1. The fraction of sp³-hybridized carbons (Fsp3) is 0.533. The molecule has 1 aliphatic rings. The highest BCUT2D eigenvalue weighted by Crippen LogP contribution is 2.52. The summed E-state index contributed by atoms with van der Waals surface area (Å²) in [6.07, 6.45) is 0. The Kier molecular flexibility index (Phi) is 3.83. The Hall–Kier alpha value is -0.770. The van der Waals surface area contributed by atoms with E-state index in [2.05, 4.69) is 33.0 Å². The van der Waals surface area contributed by atoms with Gasteiger partial charge in [0, 0.05) is 38.5 Å². The first-order chi connectivity index (χ1) is 9.06. The van der Waals surface area contributed by atoms with Gasteiger partial charge in [-0.25, -0.2) is 0 Å². The van der Waals surface area contributed by atoms with Crippen LogP contribution in [0.1, 0.15) is 38.1 Å². The number of halogens is 2. The minimum absolute atomic E-state index is 0.00950. The van der Waals surface area contributed by atoms with Crippen LogP contribution in [-0.2, 0) is 0 Å². The van der Waals surface area contributed by atoms with Crippen molar-refractivity contribution in [1.29, 1.82) is 0 Å². The summed E-state index contributed by atoms with van der Waals surface area (Å²) in [6, 6.07) is 4.88. The maximum atomic E-state index is 12.4. The van der Waals surface area contributed by atoms with Crippen LogP contribution in [0.15, 0.2) is 18.2 Å². The molecule has 1 aromatic rings. The summed E-state index contributed by atoms with van der Waals surface area (Å²) >= 11 is 11.9. The summed E-state index contributed by atoms with van der Waals surface area (Å²) in [5.41, 5.74) is 6.39. The molecule has 110 valence electrons. The third kappa shape index (κ3) is 2.43. The van der Waals surface area contributed by atoms with Gasteiger partial charge in [-0.2, -0.15) is 0 Å². The number of carbonyl (C=O) groups is 1. The van der Waals surface area contributed by atoms with Gasteiger partial charge < -0.3 is 11.1 Å². The molecule has 0 spiro atoms. The first-order valence-electron chi connectivity index (χ1n) is 6.59. The number of carbonyl (C=O) groups excluding carboxylic acids is 1. The fourth-order valence-electron chi connectivity index (χ4n) is 3.45. The van der Waals surface area contributed by atoms with E-state index in [1.54, 1.807) is 18.2 Å². The summed E-state index contributed by atoms with van der Waals surface area (Å²) in [6.45, 7) is 8.27. The lowest BCUT2D eigenvalue weighted by Gasteiger charge is -2.62. The predicted octanol–water partition coefficient (Wildman–Crippen LogP) is 3.49. The molecular formula is C15H20Cl2N2O. The Morgan fingerprint density at radius 3 is 2.00 bits per heavy atom. The van der Waals surface area contributed by atoms with Crippen LogP contribution >= 0.6 is 23.2 Å². The minimum atomic E-state index is -0.174. The van der Waals surface area contributed by atoms with E-state index in [-0.39, 0.29) is 28.8 Å². The number of hydrogen-bond acceptors (Lipinski definition) is 2. The normalized spacial score (nSPS) is 26.8. The summed E-state index contributed by atoms with van der Waals surface area (Å²) in [5, 5.41) is 3.96. The highest BCUT2D eigenvalue weighted by atomic mass is 35.5. The summed E-state index contributed by atoms with van der Waals surface area (Å²) in [4.78, 5) is 12.4. The quantitative estimate of drug-likeness (QED) is 0.878. The van der Waals surface area contributed by atoms with E-state index in [9.17, 15) is 4.79 Å². The molecule has 0 saturated heterocycles. The number of rotatable bonds is 2. The molecule has 1 aromatic carbocycles. The fourth-order valence-corrected chi connectivity index (χ4v) is 3.98. The standard InChI is InChI=1S/C15H20Cl2N2O/c1-14(2)12(18)15(3,4)13(14)19-11(20)8-5-9(16)7-10(17)6-8/h5-7,12-13H,18H2,1-4H3,(H,19,20). The molecular weight excluding hydrogens is 295 g/mol. The lowest BCUT2D eigenvalue weighted by molar-refractivity contribution is -0.0663. The van der Waals surface area contributed by atoms with E-state index >= 15 is 0 Å². The Balaban J connectivity index is 2.20. The third-order valence-electron chi connectivity index (χ3n) is 4.49. The van der Waals surface area contributed by atoms with Crippen molar-refractivity contribution in [2.45, 2.75) is 39.8 Å².